The number of piperazine rings is 1. The molecule has 3 heterocycles. The fraction of sp³-hybridized carbons (Fsp3) is 0.684. The molecule has 0 spiro atoms. The Bertz CT molecular complexity index is 603. The highest BCUT2D eigenvalue weighted by atomic mass is 16.2. The number of carbonyl (C=O) groups is 1. The Morgan fingerprint density at radius 3 is 2.77 bits per heavy atom. The maximum Gasteiger partial charge on any atom is 0.248 e. The minimum atomic E-state index is -0.419. The van der Waals surface area contributed by atoms with Gasteiger partial charge in [0.05, 0.1) is 0 Å². The molecule has 26 heavy (non-hydrogen) atoms. The maximum atomic E-state index is 11.5. The zero-order valence-electron chi connectivity index (χ0n) is 15.7. The van der Waals surface area contributed by atoms with Crippen molar-refractivity contribution in [2.45, 2.75) is 25.3 Å². The molecule has 1 amide bonds. The highest BCUT2D eigenvalue weighted by Crippen LogP contribution is 2.29. The van der Waals surface area contributed by atoms with Gasteiger partial charge in [0.2, 0.25) is 5.91 Å². The maximum absolute atomic E-state index is 11.5. The lowest BCUT2D eigenvalue weighted by molar-refractivity contribution is 0.0637. The number of primary amides is 1. The molecule has 2 aliphatic heterocycles. The number of rotatable bonds is 6. The zero-order chi connectivity index (χ0) is 18.5. The number of aliphatic hydroxyl groups is 1. The molecular weight excluding hydrogens is 330 g/mol. The van der Waals surface area contributed by atoms with Gasteiger partial charge in [0, 0.05) is 63.7 Å². The van der Waals surface area contributed by atoms with Crippen molar-refractivity contribution in [3.63, 3.8) is 0 Å². The van der Waals surface area contributed by atoms with Gasteiger partial charge in [-0.05, 0) is 44.4 Å². The topological polar surface area (TPSA) is 85.9 Å². The van der Waals surface area contributed by atoms with Crippen LogP contribution >= 0.6 is 0 Å². The van der Waals surface area contributed by atoms with Gasteiger partial charge in [-0.1, -0.05) is 0 Å². The van der Waals surface area contributed by atoms with E-state index < -0.39 is 5.91 Å². The standard InChI is InChI=1S/C19H31N5O2/c1-22-8-10-23(11-9-22)17-5-7-24(14-16(17)3-2-12-25)18-13-15(19(20)26)4-6-21-18/h4,6,13,16-17,25H,2-3,5,7-12,14H2,1H3,(H2,20,26)/t16-,17+/m0/s1. The van der Waals surface area contributed by atoms with Crippen LogP contribution in [-0.4, -0.2) is 84.8 Å². The normalized spacial score (nSPS) is 25.4. The smallest absolute Gasteiger partial charge is 0.248 e. The first-order chi connectivity index (χ1) is 12.6. The van der Waals surface area contributed by atoms with Gasteiger partial charge in [0.1, 0.15) is 5.82 Å². The lowest BCUT2D eigenvalue weighted by atomic mass is 9.86. The third-order valence-corrected chi connectivity index (χ3v) is 5.79. The van der Waals surface area contributed by atoms with Crippen LogP contribution in [0.4, 0.5) is 5.82 Å². The van der Waals surface area contributed by atoms with E-state index in [4.69, 9.17) is 5.73 Å². The molecule has 0 unspecified atom stereocenters. The highest BCUT2D eigenvalue weighted by molar-refractivity contribution is 5.93. The second kappa shape index (κ2) is 8.79. The van der Waals surface area contributed by atoms with Crippen molar-refractivity contribution in [3.8, 4) is 0 Å². The van der Waals surface area contributed by atoms with Crippen LogP contribution in [0.3, 0.4) is 0 Å². The molecule has 7 heteroatoms. The van der Waals surface area contributed by atoms with Crippen molar-refractivity contribution < 1.29 is 9.90 Å². The molecule has 0 aliphatic carbocycles. The Hall–Kier alpha value is -1.70. The summed E-state index contributed by atoms with van der Waals surface area (Å²) in [5, 5.41) is 9.31. The number of amides is 1. The molecule has 1 aromatic rings. The van der Waals surface area contributed by atoms with Crippen molar-refractivity contribution in [3.05, 3.63) is 23.9 Å². The summed E-state index contributed by atoms with van der Waals surface area (Å²) < 4.78 is 0. The summed E-state index contributed by atoms with van der Waals surface area (Å²) in [6, 6.07) is 4.01. The lowest BCUT2D eigenvalue weighted by Gasteiger charge is -2.46. The fourth-order valence-electron chi connectivity index (χ4n) is 4.24. The van der Waals surface area contributed by atoms with Gasteiger partial charge in [-0.15, -0.1) is 0 Å². The molecule has 2 saturated heterocycles. The van der Waals surface area contributed by atoms with Gasteiger partial charge >= 0.3 is 0 Å². The molecule has 0 bridgehead atoms. The summed E-state index contributed by atoms with van der Waals surface area (Å²) in [7, 11) is 2.18. The molecule has 3 N–H and O–H groups in total. The minimum Gasteiger partial charge on any atom is -0.396 e. The molecule has 7 nitrogen and oxygen atoms in total. The SMILES string of the molecule is CN1CCN([C@@H]2CCN(c3cc(C(N)=O)ccn3)C[C@@H]2CCCO)CC1. The second-order valence-corrected chi connectivity index (χ2v) is 7.53. The highest BCUT2D eigenvalue weighted by Gasteiger charge is 2.34. The van der Waals surface area contributed by atoms with Gasteiger partial charge in [-0.3, -0.25) is 9.69 Å². The number of hydrogen-bond donors (Lipinski definition) is 2. The number of aromatic nitrogens is 1. The van der Waals surface area contributed by atoms with Gasteiger partial charge in [-0.2, -0.15) is 0 Å². The van der Waals surface area contributed by atoms with Crippen LogP contribution in [0.2, 0.25) is 0 Å². The van der Waals surface area contributed by atoms with Gasteiger partial charge < -0.3 is 20.6 Å². The van der Waals surface area contributed by atoms with E-state index in [1.165, 1.54) is 0 Å². The molecule has 1 aromatic heterocycles. The summed E-state index contributed by atoms with van der Waals surface area (Å²) >= 11 is 0. The summed E-state index contributed by atoms with van der Waals surface area (Å²) in [5.41, 5.74) is 5.92. The van der Waals surface area contributed by atoms with E-state index in [-0.39, 0.29) is 6.61 Å². The van der Waals surface area contributed by atoms with Crippen LogP contribution in [0.1, 0.15) is 29.6 Å². The van der Waals surface area contributed by atoms with Gasteiger partial charge in [0.25, 0.3) is 0 Å². The van der Waals surface area contributed by atoms with E-state index in [1.807, 2.05) is 0 Å². The van der Waals surface area contributed by atoms with Crippen LogP contribution in [0.15, 0.2) is 18.3 Å². The third-order valence-electron chi connectivity index (χ3n) is 5.79. The van der Waals surface area contributed by atoms with E-state index in [1.54, 1.807) is 18.3 Å². The van der Waals surface area contributed by atoms with Crippen LogP contribution in [0, 0.1) is 5.92 Å². The summed E-state index contributed by atoms with van der Waals surface area (Å²) in [5.74, 6) is 0.906. The lowest BCUT2D eigenvalue weighted by Crippen LogP contribution is -2.56. The van der Waals surface area contributed by atoms with E-state index in [2.05, 4.69) is 26.7 Å². The Labute approximate surface area is 155 Å². The number of pyridine rings is 1. The van der Waals surface area contributed by atoms with E-state index in [0.29, 0.717) is 17.5 Å². The number of anilines is 1. The average molecular weight is 361 g/mol. The van der Waals surface area contributed by atoms with Crippen molar-refractivity contribution in [1.82, 2.24) is 14.8 Å². The minimum absolute atomic E-state index is 0.237. The first-order valence-corrected chi connectivity index (χ1v) is 9.62. The van der Waals surface area contributed by atoms with E-state index in [9.17, 15) is 9.90 Å². The first kappa shape index (κ1) is 19.1. The first-order valence-electron chi connectivity index (χ1n) is 9.62. The molecule has 0 saturated carbocycles. The largest absolute Gasteiger partial charge is 0.396 e. The molecule has 2 aliphatic rings. The second-order valence-electron chi connectivity index (χ2n) is 7.53. The summed E-state index contributed by atoms with van der Waals surface area (Å²) in [6.07, 6.45) is 4.59. The summed E-state index contributed by atoms with van der Waals surface area (Å²) in [6.45, 7) is 6.55. The fourth-order valence-corrected chi connectivity index (χ4v) is 4.24. The molecule has 2 atom stereocenters. The predicted molar refractivity (Wildman–Crippen MR) is 102 cm³/mol. The number of carbonyl (C=O) groups excluding carboxylic acids is 1. The number of hydrogen-bond acceptors (Lipinski definition) is 6. The van der Waals surface area contributed by atoms with Crippen LogP contribution in [0.25, 0.3) is 0 Å². The Morgan fingerprint density at radius 2 is 2.08 bits per heavy atom. The quantitative estimate of drug-likeness (QED) is 0.763. The number of piperidine rings is 1. The number of nitrogens with two attached hydrogens (primary N) is 1. The van der Waals surface area contributed by atoms with E-state index >= 15 is 0 Å². The average Bonchev–Trinajstić information content (AvgIpc) is 2.67. The number of aliphatic hydroxyl groups excluding tert-OH is 1. The third kappa shape index (κ3) is 4.52. The number of likely N-dealkylation sites (N-methyl/N-ethyl adjacent to an activating group) is 1. The Balaban J connectivity index is 1.71. The van der Waals surface area contributed by atoms with Gasteiger partial charge in [0.15, 0.2) is 0 Å². The molecule has 0 radical (unpaired) electrons. The van der Waals surface area contributed by atoms with Crippen molar-refractivity contribution in [2.75, 3.05) is 57.8 Å². The zero-order valence-corrected chi connectivity index (χ0v) is 15.7. The Morgan fingerprint density at radius 1 is 1.31 bits per heavy atom. The van der Waals surface area contributed by atoms with Crippen LogP contribution in [0.5, 0.6) is 0 Å². The van der Waals surface area contributed by atoms with Crippen LogP contribution < -0.4 is 10.6 Å². The predicted octanol–water partition coefficient (Wildman–Crippen LogP) is 0.395. The molecule has 2 fully saturated rings. The van der Waals surface area contributed by atoms with Crippen molar-refractivity contribution in [1.29, 1.82) is 0 Å². The monoisotopic (exact) mass is 361 g/mol. The molecular formula is C19H31N5O2. The summed E-state index contributed by atoms with van der Waals surface area (Å²) in [4.78, 5) is 23.2. The Kier molecular flexibility index (Phi) is 6.45. The van der Waals surface area contributed by atoms with Crippen molar-refractivity contribution in [2.24, 2.45) is 11.7 Å². The molecule has 144 valence electrons. The van der Waals surface area contributed by atoms with Crippen molar-refractivity contribution >= 4 is 11.7 Å². The van der Waals surface area contributed by atoms with Crippen LogP contribution in [-0.2, 0) is 0 Å². The van der Waals surface area contributed by atoms with E-state index in [0.717, 1.165) is 64.3 Å². The molecule has 3 rings (SSSR count). The number of nitrogens with zero attached hydrogens (tertiary/aromatic N) is 4. The molecule has 0 aromatic carbocycles. The van der Waals surface area contributed by atoms with Gasteiger partial charge in [-0.25, -0.2) is 4.98 Å².